The zero-order valence-electron chi connectivity index (χ0n) is 13.2. The number of benzene rings is 2. The molecule has 1 aliphatic heterocycles. The zero-order valence-corrected chi connectivity index (χ0v) is 17.5. The molecule has 0 spiro atoms. The number of hydrogen-bond donors (Lipinski definition) is 2. The average molecular weight is 574 g/mol. The fourth-order valence-electron chi connectivity index (χ4n) is 2.30. The summed E-state index contributed by atoms with van der Waals surface area (Å²) in [6.07, 6.45) is 1.45. The fourth-order valence-corrected chi connectivity index (χ4v) is 4.43. The maximum absolute atomic E-state index is 11.8. The Hall–Kier alpha value is -1.95. The summed E-state index contributed by atoms with van der Waals surface area (Å²) in [7, 11) is 0. The lowest BCUT2D eigenvalue weighted by Gasteiger charge is -2.15. The van der Waals surface area contributed by atoms with Crippen LogP contribution in [0.2, 0.25) is 0 Å². The number of carbonyl (C=O) groups is 3. The molecular weight excluding hydrogens is 562 g/mol. The number of imide groups is 2. The van der Waals surface area contributed by atoms with Gasteiger partial charge in [0.1, 0.15) is 17.9 Å². The molecule has 0 unspecified atom stereocenters. The molecular formula is C18H12I2N2O4. The Morgan fingerprint density at radius 2 is 1.50 bits per heavy atom. The van der Waals surface area contributed by atoms with Crippen LogP contribution in [0.1, 0.15) is 11.1 Å². The first-order chi connectivity index (χ1) is 12.4. The third-order valence-corrected chi connectivity index (χ3v) is 5.10. The third kappa shape index (κ3) is 4.41. The van der Waals surface area contributed by atoms with Crippen LogP contribution in [0.5, 0.6) is 5.75 Å². The van der Waals surface area contributed by atoms with E-state index < -0.39 is 17.8 Å². The Labute approximate surface area is 176 Å². The molecule has 4 amide bonds. The molecule has 2 aromatic rings. The van der Waals surface area contributed by atoms with E-state index in [1.54, 1.807) is 0 Å². The minimum absolute atomic E-state index is 0.117. The first kappa shape index (κ1) is 18.8. The lowest BCUT2D eigenvalue weighted by atomic mass is 10.1. The number of ether oxygens (including phenoxy) is 1. The van der Waals surface area contributed by atoms with E-state index in [9.17, 15) is 14.4 Å². The lowest BCUT2D eigenvalue weighted by Crippen LogP contribution is -2.51. The number of hydrogen-bond acceptors (Lipinski definition) is 4. The molecule has 0 saturated carbocycles. The van der Waals surface area contributed by atoms with Crippen molar-refractivity contribution in [1.29, 1.82) is 0 Å². The molecule has 2 N–H and O–H groups in total. The highest BCUT2D eigenvalue weighted by atomic mass is 127. The van der Waals surface area contributed by atoms with Crippen LogP contribution < -0.4 is 15.4 Å². The summed E-state index contributed by atoms with van der Waals surface area (Å²) in [6.45, 7) is 0.445. The highest BCUT2D eigenvalue weighted by Crippen LogP contribution is 2.30. The number of barbiturate groups is 1. The van der Waals surface area contributed by atoms with Gasteiger partial charge in [-0.3, -0.25) is 20.2 Å². The first-order valence-electron chi connectivity index (χ1n) is 7.48. The number of halogens is 2. The van der Waals surface area contributed by atoms with Crippen molar-refractivity contribution in [1.82, 2.24) is 10.6 Å². The largest absolute Gasteiger partial charge is 0.487 e. The lowest BCUT2D eigenvalue weighted by molar-refractivity contribution is -0.123. The second kappa shape index (κ2) is 8.16. The minimum atomic E-state index is -0.814. The van der Waals surface area contributed by atoms with Crippen molar-refractivity contribution in [2.75, 3.05) is 0 Å². The zero-order chi connectivity index (χ0) is 18.7. The molecule has 0 aromatic heterocycles. The maximum Gasteiger partial charge on any atom is 0.328 e. The predicted octanol–water partition coefficient (Wildman–Crippen LogP) is 3.22. The average Bonchev–Trinajstić information content (AvgIpc) is 2.58. The van der Waals surface area contributed by atoms with E-state index in [1.165, 1.54) is 6.08 Å². The Bertz CT molecular complexity index is 881. The van der Waals surface area contributed by atoms with Gasteiger partial charge >= 0.3 is 6.03 Å². The van der Waals surface area contributed by atoms with Gasteiger partial charge in [-0.25, -0.2) is 4.79 Å². The van der Waals surface area contributed by atoms with Gasteiger partial charge in [0.05, 0.1) is 7.14 Å². The van der Waals surface area contributed by atoms with E-state index in [0.717, 1.165) is 18.5 Å². The fraction of sp³-hybridized carbons (Fsp3) is 0.0556. The van der Waals surface area contributed by atoms with Gasteiger partial charge in [0.2, 0.25) is 0 Å². The summed E-state index contributed by atoms with van der Waals surface area (Å²) >= 11 is 4.30. The molecule has 0 atom stereocenters. The van der Waals surface area contributed by atoms with E-state index in [0.29, 0.717) is 12.2 Å². The van der Waals surface area contributed by atoms with E-state index in [2.05, 4.69) is 55.8 Å². The van der Waals surface area contributed by atoms with Crippen molar-refractivity contribution in [3.05, 3.63) is 66.3 Å². The van der Waals surface area contributed by atoms with Crippen LogP contribution in [-0.4, -0.2) is 17.8 Å². The summed E-state index contributed by atoms with van der Waals surface area (Å²) in [5.41, 5.74) is 1.61. The number of carbonyl (C=O) groups excluding carboxylic acids is 3. The highest BCUT2D eigenvalue weighted by molar-refractivity contribution is 14.1. The predicted molar refractivity (Wildman–Crippen MR) is 112 cm³/mol. The molecule has 3 rings (SSSR count). The second-order valence-corrected chi connectivity index (χ2v) is 7.71. The third-order valence-electron chi connectivity index (χ3n) is 3.50. The summed E-state index contributed by atoms with van der Waals surface area (Å²) in [4.78, 5) is 34.8. The van der Waals surface area contributed by atoms with Crippen molar-refractivity contribution >= 4 is 69.1 Å². The van der Waals surface area contributed by atoms with Gasteiger partial charge in [0.15, 0.2) is 0 Å². The van der Waals surface area contributed by atoms with Crippen LogP contribution in [0.3, 0.4) is 0 Å². The molecule has 0 bridgehead atoms. The first-order valence-corrected chi connectivity index (χ1v) is 9.64. The Morgan fingerprint density at radius 3 is 2.08 bits per heavy atom. The molecule has 26 heavy (non-hydrogen) atoms. The van der Waals surface area contributed by atoms with Crippen LogP contribution in [0.15, 0.2) is 48.0 Å². The number of amides is 4. The number of urea groups is 1. The molecule has 132 valence electrons. The van der Waals surface area contributed by atoms with Crippen molar-refractivity contribution < 1.29 is 19.1 Å². The Balaban J connectivity index is 1.83. The normalized spacial score (nSPS) is 13.9. The van der Waals surface area contributed by atoms with Crippen molar-refractivity contribution in [3.63, 3.8) is 0 Å². The van der Waals surface area contributed by atoms with Gasteiger partial charge in [0, 0.05) is 0 Å². The Kier molecular flexibility index (Phi) is 5.91. The topological polar surface area (TPSA) is 84.5 Å². The summed E-state index contributed by atoms with van der Waals surface area (Å²) < 4.78 is 7.62. The molecule has 1 fully saturated rings. The smallest absolute Gasteiger partial charge is 0.328 e. The quantitative estimate of drug-likeness (QED) is 0.334. The number of nitrogens with one attached hydrogen (secondary N) is 2. The van der Waals surface area contributed by atoms with E-state index >= 15 is 0 Å². The second-order valence-electron chi connectivity index (χ2n) is 5.38. The van der Waals surface area contributed by atoms with Gasteiger partial charge in [-0.05, 0) is 74.5 Å². The molecule has 8 heteroatoms. The Morgan fingerprint density at radius 1 is 0.923 bits per heavy atom. The van der Waals surface area contributed by atoms with E-state index in [-0.39, 0.29) is 5.57 Å². The van der Waals surface area contributed by atoms with Crippen molar-refractivity contribution in [2.24, 2.45) is 0 Å². The standard InChI is InChI=1S/C18H12I2N2O4/c19-13-7-11(6-12-16(23)21-18(25)22-17(12)24)8-14(20)15(13)26-9-10-4-2-1-3-5-10/h1-8H,9H2,(H2,21,22,23,24,25). The van der Waals surface area contributed by atoms with Crippen molar-refractivity contribution in [2.45, 2.75) is 6.61 Å². The SMILES string of the molecule is O=C1NC(=O)C(=Cc2cc(I)c(OCc3ccccc3)c(I)c2)C(=O)N1. The molecule has 2 aromatic carbocycles. The molecule has 1 aliphatic rings. The van der Waals surface area contributed by atoms with Crippen LogP contribution >= 0.6 is 45.2 Å². The minimum Gasteiger partial charge on any atom is -0.487 e. The summed E-state index contributed by atoms with van der Waals surface area (Å²) in [6, 6.07) is 12.6. The van der Waals surface area contributed by atoms with Crippen molar-refractivity contribution in [3.8, 4) is 5.75 Å². The van der Waals surface area contributed by atoms with Gasteiger partial charge in [-0.15, -0.1) is 0 Å². The number of rotatable bonds is 4. The molecule has 6 nitrogen and oxygen atoms in total. The maximum atomic E-state index is 11.8. The van der Waals surface area contributed by atoms with Crippen LogP contribution in [0.4, 0.5) is 4.79 Å². The van der Waals surface area contributed by atoms with Gasteiger partial charge < -0.3 is 4.74 Å². The molecule has 0 aliphatic carbocycles. The summed E-state index contributed by atoms with van der Waals surface area (Å²) in [5, 5.41) is 4.11. The highest BCUT2D eigenvalue weighted by Gasteiger charge is 2.27. The van der Waals surface area contributed by atoms with Gasteiger partial charge in [-0.2, -0.15) is 0 Å². The molecule has 1 heterocycles. The molecule has 1 saturated heterocycles. The van der Waals surface area contributed by atoms with Crippen LogP contribution in [-0.2, 0) is 16.2 Å². The summed E-state index contributed by atoms with van der Waals surface area (Å²) in [5.74, 6) is -0.689. The monoisotopic (exact) mass is 574 g/mol. The molecule has 0 radical (unpaired) electrons. The van der Waals surface area contributed by atoms with Gasteiger partial charge in [0.25, 0.3) is 11.8 Å². The van der Waals surface area contributed by atoms with Crippen LogP contribution in [0.25, 0.3) is 6.08 Å². The van der Waals surface area contributed by atoms with Gasteiger partial charge in [-0.1, -0.05) is 30.3 Å². The van der Waals surface area contributed by atoms with E-state index in [4.69, 9.17) is 4.74 Å². The van der Waals surface area contributed by atoms with Crippen LogP contribution in [0, 0.1) is 7.14 Å². The van der Waals surface area contributed by atoms with E-state index in [1.807, 2.05) is 42.5 Å².